The van der Waals surface area contributed by atoms with Crippen LogP contribution < -0.4 is 5.32 Å². The maximum Gasteiger partial charge on any atom is 0.0113 e. The number of nitrogens with one attached hydrogen (secondary N) is 1. The van der Waals surface area contributed by atoms with Crippen molar-refractivity contribution in [1.29, 1.82) is 0 Å². The van der Waals surface area contributed by atoms with Crippen LogP contribution in [0.1, 0.15) is 51.9 Å². The number of hydrogen-bond donors (Lipinski definition) is 1. The van der Waals surface area contributed by atoms with E-state index >= 15 is 0 Å². The summed E-state index contributed by atoms with van der Waals surface area (Å²) in [6.45, 7) is 7.42. The molecule has 1 aliphatic heterocycles. The lowest BCUT2D eigenvalue weighted by Crippen LogP contribution is -2.43. The van der Waals surface area contributed by atoms with Crippen molar-refractivity contribution in [3.05, 3.63) is 0 Å². The zero-order chi connectivity index (χ0) is 14.4. The van der Waals surface area contributed by atoms with Gasteiger partial charge >= 0.3 is 0 Å². The minimum atomic E-state index is 0.814. The van der Waals surface area contributed by atoms with E-state index in [1.54, 1.807) is 0 Å². The highest BCUT2D eigenvalue weighted by Crippen LogP contribution is 2.29. The lowest BCUT2D eigenvalue weighted by Gasteiger charge is -2.36. The molecule has 118 valence electrons. The monoisotopic (exact) mass is 281 g/mol. The zero-order valence-electron chi connectivity index (χ0n) is 13.9. The maximum absolute atomic E-state index is 3.77. The van der Waals surface area contributed by atoms with Gasteiger partial charge in [-0.25, -0.2) is 0 Å². The maximum atomic E-state index is 3.77. The van der Waals surface area contributed by atoms with E-state index in [1.807, 2.05) is 0 Å². The summed E-state index contributed by atoms with van der Waals surface area (Å²) in [6, 6.07) is 1.63. The van der Waals surface area contributed by atoms with Gasteiger partial charge in [-0.2, -0.15) is 0 Å². The normalized spacial score (nSPS) is 29.4. The molecule has 2 fully saturated rings. The van der Waals surface area contributed by atoms with Crippen LogP contribution in [0, 0.1) is 5.92 Å². The average Bonchev–Trinajstić information content (AvgIpc) is 2.90. The predicted molar refractivity (Wildman–Crippen MR) is 87.2 cm³/mol. The Balaban J connectivity index is 1.65. The van der Waals surface area contributed by atoms with Gasteiger partial charge in [-0.3, -0.25) is 0 Å². The van der Waals surface area contributed by atoms with Gasteiger partial charge in [0.1, 0.15) is 0 Å². The molecule has 0 spiro atoms. The van der Waals surface area contributed by atoms with Crippen molar-refractivity contribution >= 4 is 0 Å². The molecule has 2 unspecified atom stereocenters. The minimum absolute atomic E-state index is 0.814. The third-order valence-electron chi connectivity index (χ3n) is 5.42. The van der Waals surface area contributed by atoms with E-state index in [1.165, 1.54) is 71.1 Å². The summed E-state index contributed by atoms with van der Waals surface area (Å²) >= 11 is 0. The molecule has 3 nitrogen and oxygen atoms in total. The molecule has 3 heteroatoms. The largest absolute Gasteiger partial charge is 0.314 e. The van der Waals surface area contributed by atoms with E-state index in [0.29, 0.717) is 0 Å². The molecular weight excluding hydrogens is 246 g/mol. The van der Waals surface area contributed by atoms with Crippen LogP contribution in [-0.2, 0) is 0 Å². The van der Waals surface area contributed by atoms with Crippen molar-refractivity contribution in [2.75, 3.05) is 40.3 Å². The van der Waals surface area contributed by atoms with Crippen LogP contribution in [0.4, 0.5) is 0 Å². The first-order valence-corrected chi connectivity index (χ1v) is 8.83. The molecule has 2 rings (SSSR count). The van der Waals surface area contributed by atoms with E-state index in [-0.39, 0.29) is 0 Å². The molecule has 1 N–H and O–H groups in total. The first-order chi connectivity index (χ1) is 9.70. The second-order valence-electron chi connectivity index (χ2n) is 7.08. The molecule has 2 atom stereocenters. The number of piperidine rings is 1. The highest BCUT2D eigenvalue weighted by atomic mass is 15.2. The molecule has 0 bridgehead atoms. The number of hydrogen-bond acceptors (Lipinski definition) is 3. The van der Waals surface area contributed by atoms with E-state index in [9.17, 15) is 0 Å². The average molecular weight is 281 g/mol. The van der Waals surface area contributed by atoms with Crippen LogP contribution in [0.25, 0.3) is 0 Å². The van der Waals surface area contributed by atoms with Crippen molar-refractivity contribution in [1.82, 2.24) is 15.1 Å². The lowest BCUT2D eigenvalue weighted by atomic mass is 9.97. The number of rotatable bonds is 7. The van der Waals surface area contributed by atoms with E-state index in [0.717, 1.165) is 18.0 Å². The molecule has 1 saturated carbocycles. The molecule has 1 saturated heterocycles. The van der Waals surface area contributed by atoms with Crippen molar-refractivity contribution in [2.45, 2.75) is 64.0 Å². The van der Waals surface area contributed by atoms with Gasteiger partial charge in [0, 0.05) is 12.1 Å². The number of likely N-dealkylation sites (tertiary alicyclic amines) is 1. The number of nitrogens with zero attached hydrogens (tertiary/aromatic N) is 2. The third-order valence-corrected chi connectivity index (χ3v) is 5.42. The SMILES string of the molecule is CCCNC1CCCC1CCN1CCC(N(C)C)CC1. The molecule has 0 aromatic heterocycles. The standard InChI is InChI=1S/C17H35N3/c1-4-11-18-17-7-5-6-15(17)8-12-20-13-9-16(10-14-20)19(2)3/h15-18H,4-14H2,1-3H3. The molecule has 0 amide bonds. The van der Waals surface area contributed by atoms with E-state index < -0.39 is 0 Å². The van der Waals surface area contributed by atoms with Crippen molar-refractivity contribution in [2.24, 2.45) is 5.92 Å². The van der Waals surface area contributed by atoms with Crippen molar-refractivity contribution < 1.29 is 0 Å². The van der Waals surface area contributed by atoms with Gasteiger partial charge in [0.25, 0.3) is 0 Å². The fourth-order valence-electron chi connectivity index (χ4n) is 3.99. The molecule has 1 aliphatic carbocycles. The van der Waals surface area contributed by atoms with Crippen LogP contribution >= 0.6 is 0 Å². The molecule has 2 aliphatic rings. The highest BCUT2D eigenvalue weighted by molar-refractivity contribution is 4.84. The Morgan fingerprint density at radius 3 is 2.50 bits per heavy atom. The van der Waals surface area contributed by atoms with Gasteiger partial charge in [0.2, 0.25) is 0 Å². The van der Waals surface area contributed by atoms with Gasteiger partial charge < -0.3 is 15.1 Å². The molecule has 0 aromatic carbocycles. The van der Waals surface area contributed by atoms with Gasteiger partial charge in [0.15, 0.2) is 0 Å². The molecule has 20 heavy (non-hydrogen) atoms. The Morgan fingerprint density at radius 2 is 1.85 bits per heavy atom. The second kappa shape index (κ2) is 8.35. The van der Waals surface area contributed by atoms with Crippen LogP contribution in [-0.4, -0.2) is 62.2 Å². The molecule has 0 radical (unpaired) electrons. The summed E-state index contributed by atoms with van der Waals surface area (Å²) in [5, 5.41) is 3.77. The van der Waals surface area contributed by atoms with Gasteiger partial charge in [-0.05, 0) is 84.7 Å². The Labute approximate surface area is 126 Å². The van der Waals surface area contributed by atoms with E-state index in [2.05, 4.69) is 36.1 Å². The first-order valence-electron chi connectivity index (χ1n) is 8.83. The lowest BCUT2D eigenvalue weighted by molar-refractivity contribution is 0.137. The predicted octanol–water partition coefficient (Wildman–Crippen LogP) is 2.57. The van der Waals surface area contributed by atoms with Crippen LogP contribution in [0.2, 0.25) is 0 Å². The summed E-state index contributed by atoms with van der Waals surface area (Å²) in [5.74, 6) is 0.938. The quantitative estimate of drug-likeness (QED) is 0.774. The first kappa shape index (κ1) is 16.3. The topological polar surface area (TPSA) is 18.5 Å². The van der Waals surface area contributed by atoms with Crippen LogP contribution in [0.15, 0.2) is 0 Å². The van der Waals surface area contributed by atoms with Gasteiger partial charge in [0.05, 0.1) is 0 Å². The summed E-state index contributed by atoms with van der Waals surface area (Å²) in [6.07, 6.45) is 9.69. The van der Waals surface area contributed by atoms with Crippen LogP contribution in [0.5, 0.6) is 0 Å². The zero-order valence-corrected chi connectivity index (χ0v) is 13.9. The summed E-state index contributed by atoms with van der Waals surface area (Å²) in [4.78, 5) is 5.11. The van der Waals surface area contributed by atoms with Crippen LogP contribution in [0.3, 0.4) is 0 Å². The Bertz CT molecular complexity index is 259. The Morgan fingerprint density at radius 1 is 1.10 bits per heavy atom. The third kappa shape index (κ3) is 4.71. The van der Waals surface area contributed by atoms with E-state index in [4.69, 9.17) is 0 Å². The Hall–Kier alpha value is -0.120. The van der Waals surface area contributed by atoms with Crippen molar-refractivity contribution in [3.8, 4) is 0 Å². The highest BCUT2D eigenvalue weighted by Gasteiger charge is 2.27. The fourth-order valence-corrected chi connectivity index (χ4v) is 3.99. The molecular formula is C17H35N3. The molecule has 1 heterocycles. The second-order valence-corrected chi connectivity index (χ2v) is 7.08. The van der Waals surface area contributed by atoms with Crippen molar-refractivity contribution in [3.63, 3.8) is 0 Å². The molecule has 0 aromatic rings. The summed E-state index contributed by atoms with van der Waals surface area (Å²) in [7, 11) is 4.45. The Kier molecular flexibility index (Phi) is 6.79. The smallest absolute Gasteiger partial charge is 0.0113 e. The fraction of sp³-hybridized carbons (Fsp3) is 1.00. The summed E-state index contributed by atoms with van der Waals surface area (Å²) in [5.41, 5.74) is 0. The minimum Gasteiger partial charge on any atom is -0.314 e. The van der Waals surface area contributed by atoms with Gasteiger partial charge in [-0.15, -0.1) is 0 Å². The summed E-state index contributed by atoms with van der Waals surface area (Å²) < 4.78 is 0. The van der Waals surface area contributed by atoms with Gasteiger partial charge in [-0.1, -0.05) is 13.3 Å².